The van der Waals surface area contributed by atoms with Crippen molar-refractivity contribution in [3.8, 4) is 5.75 Å². The molecule has 0 aromatic heterocycles. The number of halogens is 1. The molecule has 3 heteroatoms. The van der Waals surface area contributed by atoms with Gasteiger partial charge in [0, 0.05) is 12.3 Å². The van der Waals surface area contributed by atoms with Crippen molar-refractivity contribution in [2.24, 2.45) is 0 Å². The Hall–Kier alpha value is -1.54. The monoisotopic (exact) mass is 276 g/mol. The largest absolute Gasteiger partial charge is 0.496 e. The quantitative estimate of drug-likeness (QED) is 0.443. The first-order valence-corrected chi connectivity index (χ1v) is 6.95. The van der Waals surface area contributed by atoms with E-state index in [1.165, 1.54) is 0 Å². The molecule has 0 spiro atoms. The molecule has 0 bridgehead atoms. The van der Waals surface area contributed by atoms with Crippen molar-refractivity contribution in [3.63, 3.8) is 0 Å². The summed E-state index contributed by atoms with van der Waals surface area (Å²) in [5, 5.41) is 2.14. The van der Waals surface area contributed by atoms with E-state index in [4.69, 9.17) is 16.3 Å². The lowest BCUT2D eigenvalue weighted by atomic mass is 10.0. The van der Waals surface area contributed by atoms with Crippen LogP contribution >= 0.6 is 11.6 Å². The highest BCUT2D eigenvalue weighted by Gasteiger charge is 2.13. The van der Waals surface area contributed by atoms with Crippen molar-refractivity contribution in [1.29, 1.82) is 0 Å². The molecule has 0 aliphatic heterocycles. The number of alkyl halides is 1. The number of hydrogen-bond acceptors (Lipinski definition) is 2. The molecule has 0 aliphatic rings. The van der Waals surface area contributed by atoms with E-state index in [0.717, 1.165) is 23.6 Å². The van der Waals surface area contributed by atoms with Crippen molar-refractivity contribution < 1.29 is 9.53 Å². The highest BCUT2D eigenvalue weighted by molar-refractivity contribution is 6.17. The van der Waals surface area contributed by atoms with Crippen LogP contribution in [0.5, 0.6) is 5.75 Å². The van der Waals surface area contributed by atoms with Gasteiger partial charge < -0.3 is 4.74 Å². The molecule has 0 amide bonds. The van der Waals surface area contributed by atoms with Gasteiger partial charge in [-0.05, 0) is 35.7 Å². The second kappa shape index (κ2) is 6.58. The number of methoxy groups -OCH3 is 1. The first-order valence-electron chi connectivity index (χ1n) is 6.42. The molecule has 0 fully saturated rings. The number of benzene rings is 2. The molecule has 2 aromatic carbocycles. The van der Waals surface area contributed by atoms with Gasteiger partial charge in [-0.1, -0.05) is 24.3 Å². The van der Waals surface area contributed by atoms with Gasteiger partial charge in [0.05, 0.1) is 12.7 Å². The van der Waals surface area contributed by atoms with Crippen LogP contribution in [0.25, 0.3) is 10.8 Å². The molecule has 100 valence electrons. The molecule has 0 saturated carbocycles. The minimum Gasteiger partial charge on any atom is -0.496 e. The van der Waals surface area contributed by atoms with Gasteiger partial charge in [-0.25, -0.2) is 0 Å². The van der Waals surface area contributed by atoms with Gasteiger partial charge >= 0.3 is 0 Å². The number of carbonyl (C=O) groups excluding carboxylic acids is 1. The first-order chi connectivity index (χ1) is 9.26. The number of ether oxygens (including phenoxy) is 1. The number of ketones is 1. The maximum Gasteiger partial charge on any atom is 0.166 e. The van der Waals surface area contributed by atoms with E-state index in [1.54, 1.807) is 7.11 Å². The third-order valence-corrected chi connectivity index (χ3v) is 3.42. The summed E-state index contributed by atoms with van der Waals surface area (Å²) in [6.45, 7) is 0. The maximum atomic E-state index is 12.2. The molecule has 2 aromatic rings. The Bertz CT molecular complexity index is 578. The van der Waals surface area contributed by atoms with Gasteiger partial charge in [0.1, 0.15) is 5.75 Å². The molecule has 0 heterocycles. The van der Waals surface area contributed by atoms with Gasteiger partial charge in [0.25, 0.3) is 0 Å². The van der Waals surface area contributed by atoms with E-state index in [-0.39, 0.29) is 5.78 Å². The van der Waals surface area contributed by atoms with E-state index in [1.807, 2.05) is 36.4 Å². The molecule has 2 nitrogen and oxygen atoms in total. The van der Waals surface area contributed by atoms with Crippen LogP contribution in [-0.2, 0) is 0 Å². The predicted molar refractivity (Wildman–Crippen MR) is 79.4 cm³/mol. The summed E-state index contributed by atoms with van der Waals surface area (Å²) in [4.78, 5) is 12.2. The second-order valence-electron chi connectivity index (χ2n) is 4.47. The van der Waals surface area contributed by atoms with Crippen molar-refractivity contribution in [1.82, 2.24) is 0 Å². The minimum absolute atomic E-state index is 0.118. The third kappa shape index (κ3) is 3.27. The zero-order valence-corrected chi connectivity index (χ0v) is 11.7. The van der Waals surface area contributed by atoms with Crippen LogP contribution in [0.4, 0.5) is 0 Å². The van der Waals surface area contributed by atoms with Crippen LogP contribution < -0.4 is 4.74 Å². The molecule has 0 saturated heterocycles. The highest BCUT2D eigenvalue weighted by atomic mass is 35.5. The number of carbonyl (C=O) groups is 1. The number of unbranched alkanes of at least 4 members (excludes halogenated alkanes) is 1. The summed E-state index contributed by atoms with van der Waals surface area (Å²) in [6.07, 6.45) is 2.20. The van der Waals surface area contributed by atoms with E-state index in [0.29, 0.717) is 23.6 Å². The summed E-state index contributed by atoms with van der Waals surface area (Å²) in [6, 6.07) is 11.8. The Labute approximate surface area is 118 Å². The SMILES string of the molecule is COc1cc2ccccc2cc1C(=O)CCCCCl. The maximum absolute atomic E-state index is 12.2. The van der Waals surface area contributed by atoms with Crippen LogP contribution in [0.2, 0.25) is 0 Å². The fourth-order valence-corrected chi connectivity index (χ4v) is 2.31. The first kappa shape index (κ1) is 13.9. The molecule has 0 radical (unpaired) electrons. The standard InChI is InChI=1S/C16H17ClO2/c1-19-16-11-13-7-3-2-6-12(13)10-14(16)15(18)8-4-5-9-17/h2-3,6-7,10-11H,4-5,8-9H2,1H3. The summed E-state index contributed by atoms with van der Waals surface area (Å²) < 4.78 is 5.33. The van der Waals surface area contributed by atoms with Gasteiger partial charge in [-0.15, -0.1) is 11.6 Å². The normalized spacial score (nSPS) is 10.6. The Morgan fingerprint density at radius 3 is 2.47 bits per heavy atom. The smallest absolute Gasteiger partial charge is 0.166 e. The molecular formula is C16H17ClO2. The minimum atomic E-state index is 0.118. The van der Waals surface area contributed by atoms with Crippen molar-refractivity contribution in [2.75, 3.05) is 13.0 Å². The molecule has 0 unspecified atom stereocenters. The molecule has 0 atom stereocenters. The van der Waals surface area contributed by atoms with Crippen molar-refractivity contribution >= 4 is 28.2 Å². The average Bonchev–Trinajstić information content (AvgIpc) is 2.46. The van der Waals surface area contributed by atoms with Crippen molar-refractivity contribution in [3.05, 3.63) is 42.0 Å². The predicted octanol–water partition coefficient (Wildman–Crippen LogP) is 4.44. The van der Waals surface area contributed by atoms with Crippen LogP contribution in [0.1, 0.15) is 29.6 Å². The summed E-state index contributed by atoms with van der Waals surface area (Å²) in [5.74, 6) is 1.37. The van der Waals surface area contributed by atoms with Crippen molar-refractivity contribution in [2.45, 2.75) is 19.3 Å². The van der Waals surface area contributed by atoms with Crippen LogP contribution in [-0.4, -0.2) is 18.8 Å². The van der Waals surface area contributed by atoms with Gasteiger partial charge in [-0.3, -0.25) is 4.79 Å². The van der Waals surface area contributed by atoms with E-state index >= 15 is 0 Å². The lowest BCUT2D eigenvalue weighted by Gasteiger charge is -2.09. The van der Waals surface area contributed by atoms with Gasteiger partial charge in [0.15, 0.2) is 5.78 Å². The van der Waals surface area contributed by atoms with Crippen LogP contribution in [0.3, 0.4) is 0 Å². The Balaban J connectivity index is 2.32. The molecule has 19 heavy (non-hydrogen) atoms. The fourth-order valence-electron chi connectivity index (χ4n) is 2.12. The average molecular weight is 277 g/mol. The summed E-state index contributed by atoms with van der Waals surface area (Å²) in [5.41, 5.74) is 0.663. The summed E-state index contributed by atoms with van der Waals surface area (Å²) >= 11 is 5.63. The Kier molecular flexibility index (Phi) is 4.80. The van der Waals surface area contributed by atoms with Crippen LogP contribution in [0, 0.1) is 0 Å². The van der Waals surface area contributed by atoms with Crippen LogP contribution in [0.15, 0.2) is 36.4 Å². The zero-order chi connectivity index (χ0) is 13.7. The Morgan fingerprint density at radius 2 is 1.84 bits per heavy atom. The topological polar surface area (TPSA) is 26.3 Å². The fraction of sp³-hybridized carbons (Fsp3) is 0.312. The van der Waals surface area contributed by atoms with E-state index in [9.17, 15) is 4.79 Å². The molecular weight excluding hydrogens is 260 g/mol. The highest BCUT2D eigenvalue weighted by Crippen LogP contribution is 2.27. The summed E-state index contributed by atoms with van der Waals surface area (Å²) in [7, 11) is 1.60. The number of fused-ring (bicyclic) bond motifs is 1. The number of Topliss-reactive ketones (excluding diaryl/α,β-unsaturated/α-hetero) is 1. The molecule has 0 N–H and O–H groups in total. The number of hydrogen-bond donors (Lipinski definition) is 0. The lowest BCUT2D eigenvalue weighted by Crippen LogP contribution is -2.02. The lowest BCUT2D eigenvalue weighted by molar-refractivity contribution is 0.0977. The zero-order valence-electron chi connectivity index (χ0n) is 11.0. The Morgan fingerprint density at radius 1 is 1.16 bits per heavy atom. The molecule has 0 aliphatic carbocycles. The van der Waals surface area contributed by atoms with Gasteiger partial charge in [0.2, 0.25) is 0 Å². The third-order valence-electron chi connectivity index (χ3n) is 3.16. The molecule has 2 rings (SSSR count). The second-order valence-corrected chi connectivity index (χ2v) is 4.85. The van der Waals surface area contributed by atoms with E-state index in [2.05, 4.69) is 0 Å². The number of rotatable bonds is 6. The van der Waals surface area contributed by atoms with E-state index < -0.39 is 0 Å². The van der Waals surface area contributed by atoms with Gasteiger partial charge in [-0.2, -0.15) is 0 Å².